The molecule has 0 aliphatic carbocycles. The van der Waals surface area contributed by atoms with Crippen LogP contribution in [0.3, 0.4) is 0 Å². The van der Waals surface area contributed by atoms with Crippen molar-refractivity contribution in [2.75, 3.05) is 20.3 Å². The first-order valence-corrected chi connectivity index (χ1v) is 3.58. The van der Waals surface area contributed by atoms with Crippen molar-refractivity contribution in [1.82, 2.24) is 4.90 Å². The van der Waals surface area contributed by atoms with Crippen LogP contribution in [0.15, 0.2) is 0 Å². The van der Waals surface area contributed by atoms with Gasteiger partial charge in [-0.25, -0.2) is 0 Å². The molecule has 0 bridgehead atoms. The molecule has 0 aromatic rings. The molecule has 0 spiro atoms. The number of methoxy groups -OCH3 is 1. The second-order valence-electron chi connectivity index (χ2n) is 2.59. The summed E-state index contributed by atoms with van der Waals surface area (Å²) >= 11 is 0. The maximum atomic E-state index is 10.4. The summed E-state index contributed by atoms with van der Waals surface area (Å²) in [5.41, 5.74) is 0. The van der Waals surface area contributed by atoms with E-state index in [1.807, 2.05) is 4.90 Å². The first-order valence-electron chi connectivity index (χ1n) is 3.58. The number of nitrogens with zero attached hydrogens (tertiary/aromatic N) is 1. The third kappa shape index (κ3) is 1.48. The van der Waals surface area contributed by atoms with Crippen LogP contribution in [0, 0.1) is 0 Å². The fourth-order valence-electron chi connectivity index (χ4n) is 1.37. The molecular formula is C7H13NO2. The zero-order valence-electron chi connectivity index (χ0n) is 6.25. The molecule has 0 aromatic heterocycles. The van der Waals surface area contributed by atoms with E-state index in [-0.39, 0.29) is 0 Å². The van der Waals surface area contributed by atoms with E-state index in [4.69, 9.17) is 4.74 Å². The molecule has 58 valence electrons. The Hall–Kier alpha value is -0.570. The Bertz CT molecular complexity index is 116. The van der Waals surface area contributed by atoms with Crippen LogP contribution in [0.2, 0.25) is 0 Å². The highest BCUT2D eigenvalue weighted by molar-refractivity contribution is 5.48. The van der Waals surface area contributed by atoms with Gasteiger partial charge in [0.2, 0.25) is 6.41 Å². The number of carbonyl (C=O) groups excluding carboxylic acids is 1. The highest BCUT2D eigenvalue weighted by atomic mass is 16.5. The molecule has 0 aromatic carbocycles. The maximum Gasteiger partial charge on any atom is 0.210 e. The molecule has 1 atom stereocenters. The molecule has 0 saturated carbocycles. The van der Waals surface area contributed by atoms with Gasteiger partial charge < -0.3 is 9.64 Å². The quantitative estimate of drug-likeness (QED) is 0.530. The maximum absolute atomic E-state index is 10.4. The van der Waals surface area contributed by atoms with Gasteiger partial charge in [0, 0.05) is 13.7 Å². The lowest BCUT2D eigenvalue weighted by Gasteiger charge is -2.18. The third-order valence-corrected chi connectivity index (χ3v) is 1.92. The van der Waals surface area contributed by atoms with E-state index < -0.39 is 0 Å². The van der Waals surface area contributed by atoms with Crippen LogP contribution in [0.4, 0.5) is 0 Å². The molecule has 1 aliphatic rings. The van der Waals surface area contributed by atoms with Gasteiger partial charge >= 0.3 is 0 Å². The van der Waals surface area contributed by atoms with E-state index in [9.17, 15) is 4.79 Å². The van der Waals surface area contributed by atoms with Crippen molar-refractivity contribution in [1.29, 1.82) is 0 Å². The molecule has 1 fully saturated rings. The van der Waals surface area contributed by atoms with Gasteiger partial charge in [-0.15, -0.1) is 0 Å². The Morgan fingerprint density at radius 1 is 1.80 bits per heavy atom. The van der Waals surface area contributed by atoms with E-state index in [0.717, 1.165) is 25.8 Å². The summed E-state index contributed by atoms with van der Waals surface area (Å²) in [6.07, 6.45) is 3.12. The summed E-state index contributed by atoms with van der Waals surface area (Å²) < 4.78 is 4.96. The van der Waals surface area contributed by atoms with Crippen molar-refractivity contribution in [2.24, 2.45) is 0 Å². The van der Waals surface area contributed by atoms with E-state index in [1.54, 1.807) is 7.11 Å². The van der Waals surface area contributed by atoms with Crippen LogP contribution in [-0.4, -0.2) is 37.6 Å². The molecule has 3 heteroatoms. The highest BCUT2D eigenvalue weighted by Gasteiger charge is 2.21. The summed E-state index contributed by atoms with van der Waals surface area (Å²) in [6, 6.07) is 0.336. The largest absolute Gasteiger partial charge is 0.383 e. The van der Waals surface area contributed by atoms with Gasteiger partial charge in [0.1, 0.15) is 0 Å². The lowest BCUT2D eigenvalue weighted by atomic mass is 10.2. The molecule has 1 saturated heterocycles. The fraction of sp³-hybridized carbons (Fsp3) is 0.857. The lowest BCUT2D eigenvalue weighted by Crippen LogP contribution is -2.31. The predicted octanol–water partition coefficient (Wildman–Crippen LogP) is 0.254. The summed E-state index contributed by atoms with van der Waals surface area (Å²) in [7, 11) is 1.67. The van der Waals surface area contributed by atoms with Crippen molar-refractivity contribution in [3.63, 3.8) is 0 Å². The molecule has 1 aliphatic heterocycles. The molecule has 0 N–H and O–H groups in total. The lowest BCUT2D eigenvalue weighted by molar-refractivity contribution is -0.119. The minimum atomic E-state index is 0.336. The van der Waals surface area contributed by atoms with Gasteiger partial charge in [-0.2, -0.15) is 0 Å². The van der Waals surface area contributed by atoms with Gasteiger partial charge in [-0.3, -0.25) is 4.79 Å². The van der Waals surface area contributed by atoms with Crippen LogP contribution < -0.4 is 0 Å². The van der Waals surface area contributed by atoms with E-state index in [2.05, 4.69) is 0 Å². The van der Waals surface area contributed by atoms with Gasteiger partial charge in [0.05, 0.1) is 12.6 Å². The normalized spacial score (nSPS) is 25.3. The predicted molar refractivity (Wildman–Crippen MR) is 37.7 cm³/mol. The van der Waals surface area contributed by atoms with Crippen LogP contribution in [0.1, 0.15) is 12.8 Å². The second kappa shape index (κ2) is 3.56. The zero-order valence-corrected chi connectivity index (χ0v) is 6.25. The molecule has 0 radical (unpaired) electrons. The summed E-state index contributed by atoms with van der Waals surface area (Å²) in [5.74, 6) is 0. The second-order valence-corrected chi connectivity index (χ2v) is 2.59. The Labute approximate surface area is 61.0 Å². The molecular weight excluding hydrogens is 130 g/mol. The van der Waals surface area contributed by atoms with Gasteiger partial charge in [-0.05, 0) is 12.8 Å². The fourth-order valence-corrected chi connectivity index (χ4v) is 1.37. The first-order chi connectivity index (χ1) is 4.88. The van der Waals surface area contributed by atoms with Crippen LogP contribution in [-0.2, 0) is 9.53 Å². The average molecular weight is 143 g/mol. The monoisotopic (exact) mass is 143 g/mol. The van der Waals surface area contributed by atoms with E-state index >= 15 is 0 Å². The van der Waals surface area contributed by atoms with Crippen molar-refractivity contribution >= 4 is 6.41 Å². The number of hydrogen-bond acceptors (Lipinski definition) is 2. The number of hydrogen-bond donors (Lipinski definition) is 0. The van der Waals surface area contributed by atoms with E-state index in [1.165, 1.54) is 0 Å². The van der Waals surface area contributed by atoms with Crippen LogP contribution in [0.5, 0.6) is 0 Å². The van der Waals surface area contributed by atoms with Gasteiger partial charge in [0.25, 0.3) is 0 Å². The standard InChI is InChI=1S/C7H13NO2/c1-10-5-7-3-2-4-8(7)6-9/h6-7H,2-5H2,1H3/t7-/m0/s1. The smallest absolute Gasteiger partial charge is 0.210 e. The highest BCUT2D eigenvalue weighted by Crippen LogP contribution is 2.14. The number of carbonyl (C=O) groups is 1. The molecule has 10 heavy (non-hydrogen) atoms. The topological polar surface area (TPSA) is 29.5 Å². The Morgan fingerprint density at radius 2 is 2.60 bits per heavy atom. The zero-order chi connectivity index (χ0) is 7.40. The van der Waals surface area contributed by atoms with Gasteiger partial charge in [0.15, 0.2) is 0 Å². The molecule has 1 rings (SSSR count). The Morgan fingerprint density at radius 3 is 3.20 bits per heavy atom. The summed E-state index contributed by atoms with van der Waals surface area (Å²) in [4.78, 5) is 12.2. The van der Waals surface area contributed by atoms with Crippen molar-refractivity contribution in [2.45, 2.75) is 18.9 Å². The average Bonchev–Trinajstić information content (AvgIpc) is 2.36. The SMILES string of the molecule is COC[C@@H]1CCCN1C=O. The minimum Gasteiger partial charge on any atom is -0.383 e. The molecule has 1 amide bonds. The summed E-state index contributed by atoms with van der Waals surface area (Å²) in [6.45, 7) is 1.58. The van der Waals surface area contributed by atoms with Gasteiger partial charge in [-0.1, -0.05) is 0 Å². The van der Waals surface area contributed by atoms with Crippen LogP contribution >= 0.6 is 0 Å². The first kappa shape index (κ1) is 7.54. The number of likely N-dealkylation sites (tertiary alicyclic amines) is 1. The molecule has 0 unspecified atom stereocenters. The number of ether oxygens (including phenoxy) is 1. The Kier molecular flexibility index (Phi) is 2.68. The number of rotatable bonds is 3. The third-order valence-electron chi connectivity index (χ3n) is 1.92. The van der Waals surface area contributed by atoms with Crippen LogP contribution in [0.25, 0.3) is 0 Å². The molecule has 1 heterocycles. The molecule has 3 nitrogen and oxygen atoms in total. The van der Waals surface area contributed by atoms with E-state index in [0.29, 0.717) is 12.6 Å². The van der Waals surface area contributed by atoms with Crippen molar-refractivity contribution in [3.05, 3.63) is 0 Å². The van der Waals surface area contributed by atoms with Crippen molar-refractivity contribution in [3.8, 4) is 0 Å². The number of amides is 1. The van der Waals surface area contributed by atoms with Crippen molar-refractivity contribution < 1.29 is 9.53 Å². The summed E-state index contributed by atoms with van der Waals surface area (Å²) in [5, 5.41) is 0. The Balaban J connectivity index is 2.34. The minimum absolute atomic E-state index is 0.336.